The molecule has 8 rings (SSSR count). The van der Waals surface area contributed by atoms with Crippen molar-refractivity contribution in [2.24, 2.45) is 23.7 Å². The molecule has 0 radical (unpaired) electrons. The molecule has 66 heavy (non-hydrogen) atoms. The van der Waals surface area contributed by atoms with Gasteiger partial charge in [0, 0.05) is 96.9 Å². The van der Waals surface area contributed by atoms with Crippen LogP contribution in [0.5, 0.6) is 0 Å². The molecule has 2 aromatic carbocycles. The molecule has 4 amide bonds. The Morgan fingerprint density at radius 1 is 0.667 bits per heavy atom. The number of rotatable bonds is 15. The molecule has 0 spiro atoms. The molecule has 14 heteroatoms. The van der Waals surface area contributed by atoms with Crippen molar-refractivity contribution in [3.63, 3.8) is 0 Å². The summed E-state index contributed by atoms with van der Waals surface area (Å²) in [5, 5.41) is 7.74. The van der Waals surface area contributed by atoms with Gasteiger partial charge in [0.1, 0.15) is 6.54 Å². The second-order valence-corrected chi connectivity index (χ2v) is 18.3. The number of aromatic amines is 1. The Bertz CT molecular complexity index is 2340. The maximum Gasteiger partial charge on any atom is 0.325 e. The number of aryl methyl sites for hydroxylation is 1. The van der Waals surface area contributed by atoms with Crippen molar-refractivity contribution in [1.29, 1.82) is 0 Å². The fourth-order valence-corrected chi connectivity index (χ4v) is 11.0. The highest BCUT2D eigenvalue weighted by Gasteiger charge is 2.33. The van der Waals surface area contributed by atoms with Crippen molar-refractivity contribution in [2.75, 3.05) is 72.3 Å². The molecule has 358 valence electrons. The summed E-state index contributed by atoms with van der Waals surface area (Å²) >= 11 is 0. The maximum absolute atomic E-state index is 13.4. The monoisotopic (exact) mass is 909 g/mol. The van der Waals surface area contributed by atoms with Crippen LogP contribution in [0.25, 0.3) is 21.8 Å². The maximum atomic E-state index is 13.4. The minimum absolute atomic E-state index is 0.0367. The number of esters is 1. The summed E-state index contributed by atoms with van der Waals surface area (Å²) in [4.78, 5) is 69.8. The van der Waals surface area contributed by atoms with Crippen LogP contribution in [-0.2, 0) is 60.8 Å². The van der Waals surface area contributed by atoms with E-state index in [1.165, 1.54) is 34.3 Å². The zero-order valence-electron chi connectivity index (χ0n) is 39.9. The van der Waals surface area contributed by atoms with Crippen molar-refractivity contribution in [2.45, 2.75) is 105 Å². The predicted molar refractivity (Wildman–Crippen MR) is 256 cm³/mol. The number of carbonyl (C=O) groups excluding carboxylic acids is 5. The van der Waals surface area contributed by atoms with Crippen molar-refractivity contribution in [1.82, 2.24) is 30.0 Å². The number of nitrogens with one attached hydrogen (secondary N) is 3. The molecular formula is C52H72N6O8. The Kier molecular flexibility index (Phi) is 17.0. The van der Waals surface area contributed by atoms with Gasteiger partial charge in [-0.15, -0.1) is 0 Å². The van der Waals surface area contributed by atoms with E-state index in [4.69, 9.17) is 14.2 Å². The van der Waals surface area contributed by atoms with Gasteiger partial charge in [-0.05, 0) is 170 Å². The van der Waals surface area contributed by atoms with Crippen LogP contribution in [0.4, 0.5) is 0 Å². The topological polar surface area (TPSA) is 164 Å². The summed E-state index contributed by atoms with van der Waals surface area (Å²) in [6.45, 7) is 15.5. The van der Waals surface area contributed by atoms with Gasteiger partial charge in [0.2, 0.25) is 11.8 Å². The third kappa shape index (κ3) is 11.3. The van der Waals surface area contributed by atoms with Crippen LogP contribution in [0.1, 0.15) is 116 Å². The first kappa shape index (κ1) is 48.7. The van der Waals surface area contributed by atoms with Crippen LogP contribution < -0.4 is 10.6 Å². The predicted octanol–water partition coefficient (Wildman–Crippen LogP) is 6.63. The van der Waals surface area contributed by atoms with Gasteiger partial charge in [-0.3, -0.25) is 24.0 Å². The number of benzene rings is 2. The van der Waals surface area contributed by atoms with Gasteiger partial charge in [-0.2, -0.15) is 0 Å². The van der Waals surface area contributed by atoms with E-state index in [0.29, 0.717) is 61.7 Å². The van der Waals surface area contributed by atoms with E-state index in [2.05, 4.69) is 20.2 Å². The number of ether oxygens (including phenoxy) is 3. The van der Waals surface area contributed by atoms with E-state index in [1.807, 2.05) is 71.0 Å². The lowest BCUT2D eigenvalue weighted by Gasteiger charge is -2.33. The Hall–Kier alpha value is -5.21. The van der Waals surface area contributed by atoms with E-state index in [0.717, 1.165) is 107 Å². The van der Waals surface area contributed by atoms with Gasteiger partial charge in [0.25, 0.3) is 11.8 Å². The molecule has 2 saturated heterocycles. The number of amides is 4. The lowest BCUT2D eigenvalue weighted by atomic mass is 9.75. The lowest BCUT2D eigenvalue weighted by Crippen LogP contribution is -2.40. The molecule has 2 aliphatic heterocycles. The van der Waals surface area contributed by atoms with Crippen LogP contribution in [0.15, 0.2) is 36.4 Å². The van der Waals surface area contributed by atoms with Crippen molar-refractivity contribution >= 4 is 51.4 Å². The summed E-state index contributed by atoms with van der Waals surface area (Å²) in [6, 6.07) is 11.6. The molecule has 0 saturated carbocycles. The van der Waals surface area contributed by atoms with Crippen LogP contribution >= 0.6 is 0 Å². The third-order valence-corrected chi connectivity index (χ3v) is 14.4. The normalized spacial score (nSPS) is 18.7. The van der Waals surface area contributed by atoms with Gasteiger partial charge in [-0.25, -0.2) is 0 Å². The average Bonchev–Trinajstić information content (AvgIpc) is 3.86. The summed E-state index contributed by atoms with van der Waals surface area (Å²) in [6.07, 6.45) is 10.8. The third-order valence-electron chi connectivity index (χ3n) is 14.4. The van der Waals surface area contributed by atoms with E-state index in [9.17, 15) is 24.0 Å². The first-order valence-electron chi connectivity index (χ1n) is 24.8. The van der Waals surface area contributed by atoms with Crippen molar-refractivity contribution < 1.29 is 38.2 Å². The Balaban J connectivity index is 0.000000199. The molecule has 4 aromatic rings. The summed E-state index contributed by atoms with van der Waals surface area (Å²) in [5.74, 6) is 1.90. The standard InChI is InChI=1S/C28H39N3O5.C24H33N3O3/c1-4-29-26(32)17-30(5-2)28(34)21-8-10-25-23(16-21)22-15-20(19-11-13-35-14-12-19)7-9-24(22)31(25)18-27(33)36-6-3;1-3-25-23(28)15-27(4-2)24(29)18-6-8-22-20(14-18)19-13-17(5-7-21(19)26-22)16-9-11-30-12-10-16/h8,10,16,19-20H,4-7,9,11-15,17-18H2,1-3H3,(H,29,32);6,8,14,16-17,26H,3-5,7,9-13,15H2,1-2H3,(H,25,28). The molecule has 4 heterocycles. The first-order chi connectivity index (χ1) is 32.1. The highest BCUT2D eigenvalue weighted by Crippen LogP contribution is 2.41. The fourth-order valence-electron chi connectivity index (χ4n) is 11.0. The minimum Gasteiger partial charge on any atom is -0.465 e. The Labute approximate surface area is 389 Å². The molecule has 0 bridgehead atoms. The number of carbonyl (C=O) groups is 5. The fraction of sp³-hybridized carbons (Fsp3) is 0.596. The number of hydrogen-bond donors (Lipinski definition) is 3. The van der Waals surface area contributed by atoms with E-state index >= 15 is 0 Å². The van der Waals surface area contributed by atoms with Crippen molar-refractivity contribution in [3.05, 3.63) is 70.0 Å². The molecule has 2 fully saturated rings. The van der Waals surface area contributed by atoms with E-state index in [-0.39, 0.29) is 49.2 Å². The lowest BCUT2D eigenvalue weighted by molar-refractivity contribution is -0.143. The summed E-state index contributed by atoms with van der Waals surface area (Å²) in [5.41, 5.74) is 8.43. The van der Waals surface area contributed by atoms with E-state index < -0.39 is 0 Å². The van der Waals surface area contributed by atoms with Gasteiger partial charge < -0.3 is 44.2 Å². The second kappa shape index (κ2) is 23.0. The van der Waals surface area contributed by atoms with E-state index in [1.54, 1.807) is 9.80 Å². The molecular weight excluding hydrogens is 837 g/mol. The first-order valence-corrected chi connectivity index (χ1v) is 24.8. The largest absolute Gasteiger partial charge is 0.465 e. The Morgan fingerprint density at radius 2 is 1.20 bits per heavy atom. The van der Waals surface area contributed by atoms with Gasteiger partial charge in [0.05, 0.1) is 19.7 Å². The zero-order chi connectivity index (χ0) is 46.7. The number of fused-ring (bicyclic) bond motifs is 6. The molecule has 2 aromatic heterocycles. The van der Waals surface area contributed by atoms with Crippen LogP contribution in [0, 0.1) is 23.7 Å². The smallest absolute Gasteiger partial charge is 0.325 e. The van der Waals surface area contributed by atoms with Crippen LogP contribution in [0.2, 0.25) is 0 Å². The number of H-pyrrole nitrogens is 1. The SMILES string of the molecule is CCNC(=O)CN(CC)C(=O)c1ccc2[nH]c3c(c2c1)CC(C1CCOCC1)CC3.CCNC(=O)CN(CC)C(=O)c1ccc2c(c1)c1c(n2CC(=O)OCC)CCC(C2CCOCC2)C1. The Morgan fingerprint density at radius 3 is 1.74 bits per heavy atom. The minimum atomic E-state index is -0.247. The number of aromatic nitrogens is 2. The van der Waals surface area contributed by atoms with Crippen LogP contribution in [0.3, 0.4) is 0 Å². The number of nitrogens with zero attached hydrogens (tertiary/aromatic N) is 3. The van der Waals surface area contributed by atoms with Crippen LogP contribution in [-0.4, -0.2) is 121 Å². The molecule has 2 atom stereocenters. The number of likely N-dealkylation sites (N-methyl/N-ethyl adjacent to an activating group) is 4. The molecule has 2 aliphatic carbocycles. The highest BCUT2D eigenvalue weighted by molar-refractivity contribution is 6.02. The molecule has 4 aliphatic rings. The van der Waals surface area contributed by atoms with Gasteiger partial charge in [-0.1, -0.05) is 0 Å². The van der Waals surface area contributed by atoms with Gasteiger partial charge >= 0.3 is 5.97 Å². The molecule has 14 nitrogen and oxygen atoms in total. The number of hydrogen-bond acceptors (Lipinski definition) is 8. The van der Waals surface area contributed by atoms with Gasteiger partial charge in [0.15, 0.2) is 0 Å². The molecule has 3 N–H and O–H groups in total. The quantitative estimate of drug-likeness (QED) is 0.112. The summed E-state index contributed by atoms with van der Waals surface area (Å²) in [7, 11) is 0. The van der Waals surface area contributed by atoms with Crippen molar-refractivity contribution in [3.8, 4) is 0 Å². The zero-order valence-corrected chi connectivity index (χ0v) is 39.9. The average molecular weight is 909 g/mol. The summed E-state index contributed by atoms with van der Waals surface area (Å²) < 4.78 is 18.5. The highest BCUT2D eigenvalue weighted by atomic mass is 16.5. The molecule has 2 unspecified atom stereocenters. The second-order valence-electron chi connectivity index (χ2n) is 18.3.